The molecule has 0 bridgehead atoms. The number of hydrogen-bond acceptors (Lipinski definition) is 3. The Morgan fingerprint density at radius 1 is 1.07 bits per heavy atom. The smallest absolute Gasteiger partial charge is 0.256 e. The molecule has 5 nitrogen and oxygen atoms in total. The minimum atomic E-state index is 0. The molecular formula is C23H25N3O2. The average molecular weight is 375 g/mol. The summed E-state index contributed by atoms with van der Waals surface area (Å²) in [6.45, 7) is 1.46. The maximum atomic E-state index is 13.1. The summed E-state index contributed by atoms with van der Waals surface area (Å²) in [5.74, 6) is 1.19. The van der Waals surface area contributed by atoms with Gasteiger partial charge in [-0.1, -0.05) is 37.8 Å². The molecule has 0 aliphatic carbocycles. The summed E-state index contributed by atoms with van der Waals surface area (Å²) in [6, 6.07) is 15.9. The highest BCUT2D eigenvalue weighted by Crippen LogP contribution is 2.31. The Morgan fingerprint density at radius 3 is 2.57 bits per heavy atom. The molecule has 0 unspecified atom stereocenters. The van der Waals surface area contributed by atoms with Crippen molar-refractivity contribution < 1.29 is 9.21 Å². The Hall–Kier alpha value is -3.08. The van der Waals surface area contributed by atoms with E-state index in [0.717, 1.165) is 59.4 Å². The second kappa shape index (κ2) is 7.15. The number of para-hydroxylation sites is 3. The van der Waals surface area contributed by atoms with Crippen molar-refractivity contribution in [1.82, 2.24) is 14.5 Å². The van der Waals surface area contributed by atoms with E-state index in [1.54, 1.807) is 0 Å². The largest absolute Gasteiger partial charge is 0.440 e. The van der Waals surface area contributed by atoms with E-state index in [1.165, 1.54) is 0 Å². The molecule has 0 saturated carbocycles. The number of benzene rings is 2. The van der Waals surface area contributed by atoms with Crippen LogP contribution < -0.4 is 0 Å². The third-order valence-electron chi connectivity index (χ3n) is 5.57. The van der Waals surface area contributed by atoms with Gasteiger partial charge in [0.25, 0.3) is 5.91 Å². The van der Waals surface area contributed by atoms with Crippen LogP contribution in [-0.2, 0) is 7.05 Å². The number of aromatic nitrogens is 2. The standard InChI is InChI=1S/C22H21N3O2.CH4/c1-24-14-17(16-6-2-4-8-19(16)24)22(26)25-12-10-15(11-13-25)21-23-18-7-3-5-9-20(18)27-21;/h2-9,14-15H,10-13H2,1H3;1H4. The minimum Gasteiger partial charge on any atom is -0.440 e. The number of hydrogen-bond donors (Lipinski definition) is 0. The number of piperidine rings is 1. The van der Waals surface area contributed by atoms with Crippen molar-refractivity contribution in [2.24, 2.45) is 7.05 Å². The van der Waals surface area contributed by atoms with Gasteiger partial charge in [0.1, 0.15) is 5.52 Å². The fourth-order valence-corrected chi connectivity index (χ4v) is 4.08. The zero-order valence-electron chi connectivity index (χ0n) is 15.3. The van der Waals surface area contributed by atoms with Gasteiger partial charge < -0.3 is 13.9 Å². The van der Waals surface area contributed by atoms with Crippen LogP contribution in [0.15, 0.2) is 59.1 Å². The zero-order valence-corrected chi connectivity index (χ0v) is 15.3. The van der Waals surface area contributed by atoms with E-state index in [-0.39, 0.29) is 19.3 Å². The molecule has 0 spiro atoms. The van der Waals surface area contributed by atoms with Crippen molar-refractivity contribution >= 4 is 27.9 Å². The summed E-state index contributed by atoms with van der Waals surface area (Å²) in [5.41, 5.74) is 3.61. The predicted octanol–water partition coefficient (Wildman–Crippen LogP) is 4.98. The van der Waals surface area contributed by atoms with Crippen molar-refractivity contribution in [3.05, 3.63) is 66.2 Å². The second-order valence-corrected chi connectivity index (χ2v) is 7.26. The first-order valence-corrected chi connectivity index (χ1v) is 9.39. The predicted molar refractivity (Wildman–Crippen MR) is 112 cm³/mol. The van der Waals surface area contributed by atoms with E-state index in [4.69, 9.17) is 4.42 Å². The van der Waals surface area contributed by atoms with Crippen LogP contribution in [0, 0.1) is 0 Å². The summed E-state index contributed by atoms with van der Waals surface area (Å²) in [7, 11) is 1.98. The molecule has 0 radical (unpaired) electrons. The SMILES string of the molecule is C.Cn1cc(C(=O)N2CCC(c3nc4ccccc4o3)CC2)c2ccccc21. The maximum Gasteiger partial charge on any atom is 0.256 e. The Labute approximate surface area is 164 Å². The van der Waals surface area contributed by atoms with Crippen molar-refractivity contribution in [3.63, 3.8) is 0 Å². The first kappa shape index (κ1) is 18.3. The number of aryl methyl sites for hydroxylation is 1. The van der Waals surface area contributed by atoms with E-state index >= 15 is 0 Å². The fraction of sp³-hybridized carbons (Fsp3) is 0.304. The molecule has 0 atom stereocenters. The van der Waals surface area contributed by atoms with Gasteiger partial charge in [-0.05, 0) is 31.0 Å². The van der Waals surface area contributed by atoms with Gasteiger partial charge in [-0.15, -0.1) is 0 Å². The number of carbonyl (C=O) groups excluding carboxylic acids is 1. The monoisotopic (exact) mass is 375 g/mol. The van der Waals surface area contributed by atoms with E-state index in [0.29, 0.717) is 0 Å². The van der Waals surface area contributed by atoms with Gasteiger partial charge in [0.2, 0.25) is 0 Å². The Bertz CT molecular complexity index is 1100. The quantitative estimate of drug-likeness (QED) is 0.497. The molecule has 3 heterocycles. The number of amides is 1. The highest BCUT2D eigenvalue weighted by Gasteiger charge is 2.28. The van der Waals surface area contributed by atoms with Crippen LogP contribution in [0.4, 0.5) is 0 Å². The van der Waals surface area contributed by atoms with Gasteiger partial charge in [-0.2, -0.15) is 0 Å². The summed E-state index contributed by atoms with van der Waals surface area (Å²) >= 11 is 0. The topological polar surface area (TPSA) is 51.3 Å². The maximum absolute atomic E-state index is 13.1. The molecule has 28 heavy (non-hydrogen) atoms. The van der Waals surface area contributed by atoms with Crippen LogP contribution >= 0.6 is 0 Å². The zero-order chi connectivity index (χ0) is 18.4. The lowest BCUT2D eigenvalue weighted by atomic mass is 9.96. The number of rotatable bonds is 2. The fourth-order valence-electron chi connectivity index (χ4n) is 4.08. The molecule has 144 valence electrons. The summed E-state index contributed by atoms with van der Waals surface area (Å²) in [5, 5.41) is 1.02. The molecule has 4 aromatic rings. The molecule has 5 heteroatoms. The van der Waals surface area contributed by atoms with E-state index < -0.39 is 0 Å². The van der Waals surface area contributed by atoms with Gasteiger partial charge in [0.15, 0.2) is 11.5 Å². The lowest BCUT2D eigenvalue weighted by molar-refractivity contribution is 0.0708. The lowest BCUT2D eigenvalue weighted by Crippen LogP contribution is -2.37. The number of likely N-dealkylation sites (tertiary alicyclic amines) is 1. The third-order valence-corrected chi connectivity index (χ3v) is 5.57. The minimum absolute atomic E-state index is 0. The third kappa shape index (κ3) is 2.97. The van der Waals surface area contributed by atoms with Crippen molar-refractivity contribution in [1.29, 1.82) is 0 Å². The number of carbonyl (C=O) groups is 1. The first-order chi connectivity index (χ1) is 13.2. The molecule has 1 aliphatic heterocycles. The van der Waals surface area contributed by atoms with Crippen LogP contribution in [0.25, 0.3) is 22.0 Å². The number of nitrogens with zero attached hydrogens (tertiary/aromatic N) is 3. The van der Waals surface area contributed by atoms with Gasteiger partial charge in [-0.3, -0.25) is 4.79 Å². The van der Waals surface area contributed by atoms with E-state index in [1.807, 2.05) is 71.2 Å². The van der Waals surface area contributed by atoms with Crippen LogP contribution in [0.3, 0.4) is 0 Å². The molecule has 2 aromatic carbocycles. The van der Waals surface area contributed by atoms with E-state index in [2.05, 4.69) is 4.98 Å². The van der Waals surface area contributed by atoms with Crippen molar-refractivity contribution in [2.75, 3.05) is 13.1 Å². The van der Waals surface area contributed by atoms with Crippen LogP contribution in [-0.4, -0.2) is 33.4 Å². The normalized spacial score (nSPS) is 15.1. The highest BCUT2D eigenvalue weighted by atomic mass is 16.3. The Kier molecular flexibility index (Phi) is 4.67. The molecule has 5 rings (SSSR count). The first-order valence-electron chi connectivity index (χ1n) is 9.39. The molecule has 1 saturated heterocycles. The number of oxazole rings is 1. The van der Waals surface area contributed by atoms with Crippen LogP contribution in [0.1, 0.15) is 42.4 Å². The molecular weight excluding hydrogens is 350 g/mol. The average Bonchev–Trinajstić information content (AvgIpc) is 3.29. The van der Waals surface area contributed by atoms with Gasteiger partial charge >= 0.3 is 0 Å². The Morgan fingerprint density at radius 2 is 1.79 bits per heavy atom. The molecule has 1 fully saturated rings. The Balaban J connectivity index is 0.00000192. The number of fused-ring (bicyclic) bond motifs is 2. The van der Waals surface area contributed by atoms with Crippen LogP contribution in [0.2, 0.25) is 0 Å². The van der Waals surface area contributed by atoms with Gasteiger partial charge in [0, 0.05) is 43.2 Å². The van der Waals surface area contributed by atoms with Crippen molar-refractivity contribution in [3.8, 4) is 0 Å². The summed E-state index contributed by atoms with van der Waals surface area (Å²) < 4.78 is 7.95. The van der Waals surface area contributed by atoms with E-state index in [9.17, 15) is 4.79 Å². The summed E-state index contributed by atoms with van der Waals surface area (Å²) in [6.07, 6.45) is 3.70. The summed E-state index contributed by atoms with van der Waals surface area (Å²) in [4.78, 5) is 19.7. The molecule has 1 amide bonds. The van der Waals surface area contributed by atoms with Crippen molar-refractivity contribution in [2.45, 2.75) is 26.2 Å². The molecule has 2 aromatic heterocycles. The molecule has 1 aliphatic rings. The molecule has 0 N–H and O–H groups in total. The van der Waals surface area contributed by atoms with Gasteiger partial charge in [-0.25, -0.2) is 4.98 Å². The second-order valence-electron chi connectivity index (χ2n) is 7.26. The highest BCUT2D eigenvalue weighted by molar-refractivity contribution is 6.07. The van der Waals surface area contributed by atoms with Gasteiger partial charge in [0.05, 0.1) is 5.56 Å². The van der Waals surface area contributed by atoms with Crippen LogP contribution in [0.5, 0.6) is 0 Å². The lowest BCUT2D eigenvalue weighted by Gasteiger charge is -2.30.